The third-order valence-electron chi connectivity index (χ3n) is 2.97. The lowest BCUT2D eigenvalue weighted by atomic mass is 10.1. The first kappa shape index (κ1) is 12.0. The van der Waals surface area contributed by atoms with Crippen molar-refractivity contribution in [2.24, 2.45) is 0 Å². The van der Waals surface area contributed by atoms with Crippen molar-refractivity contribution in [1.29, 1.82) is 0 Å². The summed E-state index contributed by atoms with van der Waals surface area (Å²) in [6.45, 7) is 1.82. The minimum Gasteiger partial charge on any atom is -0.352 e. The van der Waals surface area contributed by atoms with Gasteiger partial charge in [0.2, 0.25) is 5.91 Å². The molecule has 0 bridgehead atoms. The van der Waals surface area contributed by atoms with E-state index in [0.29, 0.717) is 5.56 Å². The van der Waals surface area contributed by atoms with Crippen molar-refractivity contribution < 1.29 is 9.18 Å². The molecule has 2 N–H and O–H groups in total. The second-order valence-corrected chi connectivity index (χ2v) is 4.38. The van der Waals surface area contributed by atoms with E-state index in [4.69, 9.17) is 0 Å². The van der Waals surface area contributed by atoms with Crippen LogP contribution in [-0.4, -0.2) is 25.0 Å². The van der Waals surface area contributed by atoms with Gasteiger partial charge in [-0.15, -0.1) is 0 Å². The van der Waals surface area contributed by atoms with E-state index in [1.165, 1.54) is 6.07 Å². The molecule has 1 aromatic carbocycles. The zero-order chi connectivity index (χ0) is 12.1. The summed E-state index contributed by atoms with van der Waals surface area (Å²) >= 11 is 0. The molecule has 1 aromatic rings. The molecule has 0 aliphatic carbocycles. The van der Waals surface area contributed by atoms with Gasteiger partial charge in [0, 0.05) is 12.6 Å². The molecule has 0 radical (unpaired) electrons. The molecule has 1 atom stereocenters. The molecule has 2 rings (SSSR count). The van der Waals surface area contributed by atoms with Crippen LogP contribution in [0.25, 0.3) is 0 Å². The van der Waals surface area contributed by atoms with Crippen molar-refractivity contribution in [3.63, 3.8) is 0 Å². The molecular weight excluding hydrogens is 219 g/mol. The molecule has 1 saturated heterocycles. The number of halogens is 1. The number of piperidine rings is 1. The van der Waals surface area contributed by atoms with Gasteiger partial charge in [-0.05, 0) is 31.0 Å². The van der Waals surface area contributed by atoms with Crippen LogP contribution in [0.2, 0.25) is 0 Å². The Morgan fingerprint density at radius 3 is 3.00 bits per heavy atom. The highest BCUT2D eigenvalue weighted by atomic mass is 19.1. The summed E-state index contributed by atoms with van der Waals surface area (Å²) in [5.74, 6) is -0.423. The standard InChI is InChI=1S/C13H17FN2O/c14-12-6-2-1-4-10(12)8-13(17)16-11-5-3-7-15-9-11/h1-2,4,6,11,15H,3,5,7-9H2,(H,16,17)/t11-/m0/s1. The molecule has 0 spiro atoms. The number of amides is 1. The average Bonchev–Trinajstić information content (AvgIpc) is 2.33. The Bertz CT molecular complexity index is 389. The highest BCUT2D eigenvalue weighted by molar-refractivity contribution is 5.78. The molecule has 0 saturated carbocycles. The number of benzene rings is 1. The Hall–Kier alpha value is -1.42. The summed E-state index contributed by atoms with van der Waals surface area (Å²) in [6.07, 6.45) is 2.18. The maximum absolute atomic E-state index is 13.3. The van der Waals surface area contributed by atoms with Gasteiger partial charge < -0.3 is 10.6 Å². The Balaban J connectivity index is 1.86. The number of hydrogen-bond donors (Lipinski definition) is 2. The van der Waals surface area contributed by atoms with Crippen LogP contribution in [0.1, 0.15) is 18.4 Å². The summed E-state index contributed by atoms with van der Waals surface area (Å²) in [7, 11) is 0. The predicted octanol–water partition coefficient (Wildman–Crippen LogP) is 1.24. The van der Waals surface area contributed by atoms with Crippen LogP contribution in [0.4, 0.5) is 4.39 Å². The van der Waals surface area contributed by atoms with Gasteiger partial charge in [-0.1, -0.05) is 18.2 Å². The average molecular weight is 236 g/mol. The fraction of sp³-hybridized carbons (Fsp3) is 0.462. The van der Waals surface area contributed by atoms with Crippen molar-refractivity contribution in [1.82, 2.24) is 10.6 Å². The first-order valence-corrected chi connectivity index (χ1v) is 5.99. The number of hydrogen-bond acceptors (Lipinski definition) is 2. The van der Waals surface area contributed by atoms with Crippen LogP contribution in [-0.2, 0) is 11.2 Å². The van der Waals surface area contributed by atoms with Crippen molar-refractivity contribution in [3.05, 3.63) is 35.6 Å². The predicted molar refractivity (Wildman–Crippen MR) is 64.1 cm³/mol. The molecule has 1 amide bonds. The zero-order valence-corrected chi connectivity index (χ0v) is 9.71. The molecule has 1 heterocycles. The van der Waals surface area contributed by atoms with Crippen LogP contribution in [0.3, 0.4) is 0 Å². The Morgan fingerprint density at radius 1 is 1.47 bits per heavy atom. The van der Waals surface area contributed by atoms with E-state index in [-0.39, 0.29) is 24.2 Å². The molecule has 0 unspecified atom stereocenters. The van der Waals surface area contributed by atoms with Crippen LogP contribution in [0.15, 0.2) is 24.3 Å². The minimum absolute atomic E-state index is 0.108. The van der Waals surface area contributed by atoms with Gasteiger partial charge in [-0.3, -0.25) is 4.79 Å². The number of nitrogens with one attached hydrogen (secondary N) is 2. The van der Waals surface area contributed by atoms with Gasteiger partial charge >= 0.3 is 0 Å². The smallest absolute Gasteiger partial charge is 0.224 e. The molecule has 92 valence electrons. The first-order valence-electron chi connectivity index (χ1n) is 5.99. The van der Waals surface area contributed by atoms with Crippen molar-refractivity contribution in [2.75, 3.05) is 13.1 Å². The third kappa shape index (κ3) is 3.53. The summed E-state index contributed by atoms with van der Waals surface area (Å²) in [5, 5.41) is 6.15. The van der Waals surface area contributed by atoms with Gasteiger partial charge in [0.05, 0.1) is 6.42 Å². The molecule has 4 heteroatoms. The lowest BCUT2D eigenvalue weighted by Crippen LogP contribution is -2.46. The highest BCUT2D eigenvalue weighted by Gasteiger charge is 2.16. The summed E-state index contributed by atoms with van der Waals surface area (Å²) in [4.78, 5) is 11.7. The monoisotopic (exact) mass is 236 g/mol. The van der Waals surface area contributed by atoms with Gasteiger partial charge in [-0.25, -0.2) is 4.39 Å². The quantitative estimate of drug-likeness (QED) is 0.829. The largest absolute Gasteiger partial charge is 0.352 e. The van der Waals surface area contributed by atoms with E-state index in [0.717, 1.165) is 25.9 Å². The van der Waals surface area contributed by atoms with Gasteiger partial charge in [-0.2, -0.15) is 0 Å². The van der Waals surface area contributed by atoms with Crippen molar-refractivity contribution >= 4 is 5.91 Å². The lowest BCUT2D eigenvalue weighted by molar-refractivity contribution is -0.121. The van der Waals surface area contributed by atoms with E-state index in [1.807, 2.05) is 0 Å². The molecular formula is C13H17FN2O. The van der Waals surface area contributed by atoms with E-state index >= 15 is 0 Å². The van der Waals surface area contributed by atoms with E-state index in [1.54, 1.807) is 18.2 Å². The summed E-state index contributed by atoms with van der Waals surface area (Å²) in [6, 6.07) is 6.58. The third-order valence-corrected chi connectivity index (χ3v) is 2.97. The van der Waals surface area contributed by atoms with E-state index < -0.39 is 0 Å². The molecule has 1 aliphatic rings. The maximum Gasteiger partial charge on any atom is 0.224 e. The van der Waals surface area contributed by atoms with Crippen LogP contribution < -0.4 is 10.6 Å². The second-order valence-electron chi connectivity index (χ2n) is 4.38. The normalized spacial score (nSPS) is 19.9. The number of carbonyl (C=O) groups is 1. The van der Waals surface area contributed by atoms with Gasteiger partial charge in [0.1, 0.15) is 5.82 Å². The highest BCUT2D eigenvalue weighted by Crippen LogP contribution is 2.08. The van der Waals surface area contributed by atoms with Gasteiger partial charge in [0.15, 0.2) is 0 Å². The molecule has 1 aliphatic heterocycles. The topological polar surface area (TPSA) is 41.1 Å². The molecule has 0 aromatic heterocycles. The van der Waals surface area contributed by atoms with Crippen LogP contribution >= 0.6 is 0 Å². The maximum atomic E-state index is 13.3. The number of carbonyl (C=O) groups excluding carboxylic acids is 1. The second kappa shape index (κ2) is 5.77. The van der Waals surface area contributed by atoms with E-state index in [2.05, 4.69) is 10.6 Å². The number of rotatable bonds is 3. The van der Waals surface area contributed by atoms with Crippen molar-refractivity contribution in [2.45, 2.75) is 25.3 Å². The SMILES string of the molecule is O=C(Cc1ccccc1F)N[C@H]1CCCNC1. The Kier molecular flexibility index (Phi) is 4.09. The molecule has 17 heavy (non-hydrogen) atoms. The van der Waals surface area contributed by atoms with Crippen LogP contribution in [0.5, 0.6) is 0 Å². The summed E-state index contributed by atoms with van der Waals surface area (Å²) < 4.78 is 13.3. The first-order chi connectivity index (χ1) is 8.25. The van der Waals surface area contributed by atoms with E-state index in [9.17, 15) is 9.18 Å². The Morgan fingerprint density at radius 2 is 2.29 bits per heavy atom. The van der Waals surface area contributed by atoms with Gasteiger partial charge in [0.25, 0.3) is 0 Å². The lowest BCUT2D eigenvalue weighted by Gasteiger charge is -2.23. The zero-order valence-electron chi connectivity index (χ0n) is 9.71. The van der Waals surface area contributed by atoms with Crippen LogP contribution in [0, 0.1) is 5.82 Å². The minimum atomic E-state index is -0.315. The fourth-order valence-corrected chi connectivity index (χ4v) is 2.07. The molecule has 1 fully saturated rings. The Labute approximate surface area is 100 Å². The summed E-state index contributed by atoms with van der Waals surface area (Å²) in [5.41, 5.74) is 0.453. The molecule has 3 nitrogen and oxygen atoms in total. The van der Waals surface area contributed by atoms with Crippen molar-refractivity contribution in [3.8, 4) is 0 Å². The fourth-order valence-electron chi connectivity index (χ4n) is 2.07.